The summed E-state index contributed by atoms with van der Waals surface area (Å²) >= 11 is 0. The minimum Gasteiger partial charge on any atom is -0.479 e. The Labute approximate surface area is 481 Å². The Morgan fingerprint density at radius 1 is 0.627 bits per heavy atom. The van der Waals surface area contributed by atoms with Crippen molar-refractivity contribution in [3.8, 4) is 0 Å². The van der Waals surface area contributed by atoms with Crippen molar-refractivity contribution >= 4 is 11.9 Å². The maximum absolute atomic E-state index is 15.5. The maximum atomic E-state index is 15.5. The van der Waals surface area contributed by atoms with Crippen LogP contribution in [0.5, 0.6) is 0 Å². The normalized spacial score (nSPS) is 54.0. The van der Waals surface area contributed by atoms with Crippen molar-refractivity contribution < 1.29 is 128 Å². The lowest BCUT2D eigenvalue weighted by Crippen LogP contribution is -2.68. The van der Waals surface area contributed by atoms with E-state index in [0.717, 1.165) is 18.4 Å². The number of hydrogen-bond acceptors (Lipinski definition) is 25. The van der Waals surface area contributed by atoms with Gasteiger partial charge in [-0.15, -0.1) is 0 Å². The van der Waals surface area contributed by atoms with Gasteiger partial charge in [-0.3, -0.25) is 4.79 Å². The van der Waals surface area contributed by atoms with Gasteiger partial charge in [0.1, 0.15) is 84.3 Å². The summed E-state index contributed by atoms with van der Waals surface area (Å²) in [5, 5.41) is 152. The maximum Gasteiger partial charge on any atom is 0.335 e. The number of esters is 1. The van der Waals surface area contributed by atoms with Gasteiger partial charge >= 0.3 is 11.9 Å². The van der Waals surface area contributed by atoms with Gasteiger partial charge in [-0.1, -0.05) is 60.1 Å². The van der Waals surface area contributed by atoms with Crippen molar-refractivity contribution in [3.63, 3.8) is 0 Å². The van der Waals surface area contributed by atoms with Crippen molar-refractivity contribution in [2.45, 2.75) is 254 Å². The molecule has 5 saturated heterocycles. The highest BCUT2D eigenvalue weighted by molar-refractivity contribution is 5.80. The first-order chi connectivity index (χ1) is 38.7. The van der Waals surface area contributed by atoms with Gasteiger partial charge in [-0.25, -0.2) is 4.79 Å². The van der Waals surface area contributed by atoms with Crippen molar-refractivity contribution in [1.29, 1.82) is 0 Å². The topological polar surface area (TPSA) is 410 Å². The van der Waals surface area contributed by atoms with Gasteiger partial charge in [0.05, 0.1) is 44.7 Å². The van der Waals surface area contributed by atoms with Crippen LogP contribution < -0.4 is 0 Å². The van der Waals surface area contributed by atoms with Crippen LogP contribution in [0.1, 0.15) is 113 Å². The minimum atomic E-state index is -2.17. The van der Waals surface area contributed by atoms with Crippen molar-refractivity contribution in [2.24, 2.45) is 50.2 Å². The van der Waals surface area contributed by atoms with Crippen LogP contribution >= 0.6 is 0 Å². The van der Waals surface area contributed by atoms with E-state index in [1.807, 2.05) is 0 Å². The monoisotopic (exact) mass is 1190 g/mol. The van der Waals surface area contributed by atoms with E-state index < -0.39 is 207 Å². The SMILES string of the molecule is CC1OC(OC2C(OC(=O)[C@]34CCC(C)(C)C[C@H]3C3=CC[C@@H]5[C@@]6(C)CC[C@H](OC7OC(C(=O)O)C(O)C(O)C7O)C(C)(C)[C@@H]6CC[C@@]5(C)[C@]3(C)C[C@H]4O)OCC(O)C2O)C(O)C(OC2OCC(O)(CO)C2O)C1OC1OCC(O)C(O)C1O. The van der Waals surface area contributed by atoms with Gasteiger partial charge in [-0.05, 0) is 110 Å². The molecule has 21 unspecified atom stereocenters. The molecule has 0 spiro atoms. The fourth-order valence-electron chi connectivity index (χ4n) is 17.2. The molecule has 9 fully saturated rings. The van der Waals surface area contributed by atoms with Crippen LogP contribution in [-0.4, -0.2) is 251 Å². The predicted octanol–water partition coefficient (Wildman–Crippen LogP) is -2.20. The van der Waals surface area contributed by atoms with E-state index in [-0.39, 0.29) is 35.5 Å². The van der Waals surface area contributed by atoms with E-state index >= 15 is 4.79 Å². The molecule has 26 heteroatoms. The Morgan fingerprint density at radius 2 is 1.25 bits per heavy atom. The summed E-state index contributed by atoms with van der Waals surface area (Å²) in [5.74, 6) is -2.71. The van der Waals surface area contributed by atoms with Gasteiger partial charge in [0, 0.05) is 0 Å². The number of rotatable bonds is 12. The summed E-state index contributed by atoms with van der Waals surface area (Å²) in [6, 6.07) is 0. The summed E-state index contributed by atoms with van der Waals surface area (Å²) in [4.78, 5) is 27.5. The number of carboxylic acids is 1. The Morgan fingerprint density at radius 3 is 1.92 bits per heavy atom. The molecule has 0 aromatic heterocycles. The molecule has 14 N–H and O–H groups in total. The molecule has 30 atom stereocenters. The zero-order chi connectivity index (χ0) is 60.6. The molecule has 0 radical (unpaired) electrons. The fourth-order valence-corrected chi connectivity index (χ4v) is 17.2. The third-order valence-corrected chi connectivity index (χ3v) is 22.4. The highest BCUT2D eigenvalue weighted by Gasteiger charge is 2.72. The van der Waals surface area contributed by atoms with Crippen LogP contribution in [0, 0.1) is 50.2 Å². The zero-order valence-electron chi connectivity index (χ0n) is 48.4. The van der Waals surface area contributed by atoms with E-state index in [2.05, 4.69) is 54.5 Å². The smallest absolute Gasteiger partial charge is 0.335 e. The molecule has 0 aromatic carbocycles. The lowest BCUT2D eigenvalue weighted by atomic mass is 9.33. The third kappa shape index (κ3) is 10.4. The number of fused-ring (bicyclic) bond motifs is 7. The molecular formula is C57H90O26. The molecule has 10 aliphatic rings. The van der Waals surface area contributed by atoms with Crippen LogP contribution in [0.15, 0.2) is 11.6 Å². The van der Waals surface area contributed by atoms with Gasteiger partial charge in [0.2, 0.25) is 6.29 Å². The van der Waals surface area contributed by atoms with Gasteiger partial charge in [0.15, 0.2) is 37.4 Å². The first-order valence-electron chi connectivity index (χ1n) is 29.5. The number of aliphatic hydroxyl groups is 13. The molecule has 5 heterocycles. The quantitative estimate of drug-likeness (QED) is 0.0560. The summed E-state index contributed by atoms with van der Waals surface area (Å²) in [6.45, 7) is 14.2. The van der Waals surface area contributed by atoms with Crippen LogP contribution in [-0.2, 0) is 57.0 Å². The van der Waals surface area contributed by atoms with E-state index in [4.69, 9.17) is 47.4 Å². The van der Waals surface area contributed by atoms with Crippen LogP contribution in [0.25, 0.3) is 0 Å². The number of allylic oxidation sites excluding steroid dienone is 2. The highest BCUT2D eigenvalue weighted by Crippen LogP contribution is 2.76. The first-order valence-corrected chi connectivity index (χ1v) is 29.5. The molecule has 83 heavy (non-hydrogen) atoms. The zero-order valence-corrected chi connectivity index (χ0v) is 48.4. The largest absolute Gasteiger partial charge is 0.479 e. The number of aliphatic hydroxyl groups excluding tert-OH is 12. The standard InChI is InChI=1S/C57H90O26/c1-23-39(79-45-36(66)32(62)26(59)19-74-45)40(80-49-43(69)56(73,21-58)22-76-49)38(68)47(77-23)82-42-33(63)27(60)20-75-48(42)83-50(72)57-16-15-51(2,3)17-25(57)24-9-10-29-53(6)13-12-31(78-46-37(67)34(64)35(65)41(81-46)44(70)71)52(4,5)28(53)11-14-54(29,7)55(24,8)18-30(57)61/h9,23,25-43,45-49,58-69,73H,10-22H2,1-8H3,(H,70,71)/t23?,25-,26?,27?,28-,29+,30+,31-,32?,33?,34?,35?,36?,37?,38?,39?,40?,41?,42?,43?,45?,46?,47?,48?,49?,53-,54+,55+,56?,57+/m0/s1. The molecule has 10 rings (SSSR count). The van der Waals surface area contributed by atoms with E-state index in [0.29, 0.717) is 32.1 Å². The van der Waals surface area contributed by atoms with Crippen molar-refractivity contribution in [2.75, 3.05) is 26.4 Å². The molecule has 26 nitrogen and oxygen atoms in total. The fraction of sp³-hybridized carbons (Fsp3) is 0.930. The Bertz CT molecular complexity index is 2400. The van der Waals surface area contributed by atoms with Gasteiger partial charge in [0.25, 0.3) is 0 Å². The molecule has 5 aliphatic heterocycles. The number of carbonyl (C=O) groups excluding carboxylic acids is 1. The average molecular weight is 1190 g/mol. The molecule has 474 valence electrons. The lowest BCUT2D eigenvalue weighted by molar-refractivity contribution is -0.381. The Kier molecular flexibility index (Phi) is 17.4. The van der Waals surface area contributed by atoms with Crippen LogP contribution in [0.3, 0.4) is 0 Å². The average Bonchev–Trinajstić information content (AvgIpc) is 1.43. The highest BCUT2D eigenvalue weighted by atomic mass is 16.8. The summed E-state index contributed by atoms with van der Waals surface area (Å²) < 4.78 is 59.7. The molecule has 4 saturated carbocycles. The van der Waals surface area contributed by atoms with Crippen molar-refractivity contribution in [3.05, 3.63) is 11.6 Å². The van der Waals surface area contributed by atoms with E-state index in [9.17, 15) is 76.3 Å². The molecule has 0 bridgehead atoms. The van der Waals surface area contributed by atoms with Crippen molar-refractivity contribution in [1.82, 2.24) is 0 Å². The van der Waals surface area contributed by atoms with Gasteiger partial charge < -0.3 is 119 Å². The summed E-state index contributed by atoms with van der Waals surface area (Å²) in [7, 11) is 0. The molecule has 0 aromatic rings. The second-order valence-electron chi connectivity index (χ2n) is 28.0. The van der Waals surface area contributed by atoms with Crippen LogP contribution in [0.4, 0.5) is 0 Å². The van der Waals surface area contributed by atoms with Gasteiger partial charge in [-0.2, -0.15) is 0 Å². The number of ether oxygens (including phenoxy) is 10. The number of aliphatic carboxylic acids is 1. The molecular weight excluding hydrogens is 1100 g/mol. The minimum absolute atomic E-state index is 0.0581. The number of hydrogen-bond donors (Lipinski definition) is 14. The van der Waals surface area contributed by atoms with Crippen LogP contribution in [0.2, 0.25) is 0 Å². The Hall–Kier alpha value is -2.20. The first kappa shape index (κ1) is 63.8. The summed E-state index contributed by atoms with van der Waals surface area (Å²) in [5.41, 5.74) is -4.82. The second kappa shape index (κ2) is 22.7. The molecule has 5 aliphatic carbocycles. The van der Waals surface area contributed by atoms with E-state index in [1.54, 1.807) is 0 Å². The number of carbonyl (C=O) groups is 2. The second-order valence-corrected chi connectivity index (χ2v) is 28.0. The van der Waals surface area contributed by atoms with E-state index in [1.165, 1.54) is 6.92 Å². The third-order valence-electron chi connectivity index (χ3n) is 22.4. The predicted molar refractivity (Wildman–Crippen MR) is 278 cm³/mol. The lowest BCUT2D eigenvalue weighted by Gasteiger charge is -2.71. The summed E-state index contributed by atoms with van der Waals surface area (Å²) in [6.07, 6.45) is -28.7. The molecule has 0 amide bonds. The number of carboxylic acid groups (broad SMARTS) is 1. The Balaban J connectivity index is 0.899.